The minimum absolute atomic E-state index is 0.488. The van der Waals surface area contributed by atoms with Crippen LogP contribution < -0.4 is 4.90 Å². The van der Waals surface area contributed by atoms with E-state index in [0.29, 0.717) is 12.1 Å². The van der Waals surface area contributed by atoms with Crippen LogP contribution in [0.25, 0.3) is 0 Å². The number of anilines is 1. The van der Waals surface area contributed by atoms with Gasteiger partial charge in [0.2, 0.25) is 0 Å². The van der Waals surface area contributed by atoms with E-state index in [1.54, 1.807) is 23.2 Å². The lowest BCUT2D eigenvalue weighted by molar-refractivity contribution is 1.01. The van der Waals surface area contributed by atoms with Crippen molar-refractivity contribution in [2.45, 2.75) is 0 Å². The van der Waals surface area contributed by atoms with Gasteiger partial charge in [0.05, 0.1) is 18.2 Å². The van der Waals surface area contributed by atoms with Gasteiger partial charge in [0.1, 0.15) is 5.82 Å². The van der Waals surface area contributed by atoms with Crippen molar-refractivity contribution < 1.29 is 0 Å². The lowest BCUT2D eigenvalue weighted by atomic mass is 10.3. The van der Waals surface area contributed by atoms with E-state index >= 15 is 0 Å². The maximum atomic E-state index is 8.64. The van der Waals surface area contributed by atoms with Crippen LogP contribution in [0, 0.1) is 23.7 Å². The molecule has 3 heteroatoms. The molecular formula is C10H9N3. The van der Waals surface area contributed by atoms with E-state index in [1.165, 1.54) is 0 Å². The van der Waals surface area contributed by atoms with Crippen LogP contribution in [-0.2, 0) is 0 Å². The summed E-state index contributed by atoms with van der Waals surface area (Å²) in [6.45, 7) is 0.488. The van der Waals surface area contributed by atoms with Gasteiger partial charge in [0.15, 0.2) is 0 Å². The Morgan fingerprint density at radius 3 is 3.08 bits per heavy atom. The Balaban J connectivity index is 2.91. The van der Waals surface area contributed by atoms with Gasteiger partial charge in [0, 0.05) is 13.2 Å². The Morgan fingerprint density at radius 1 is 1.69 bits per heavy atom. The summed E-state index contributed by atoms with van der Waals surface area (Å²) in [6.07, 6.45) is 6.75. The minimum Gasteiger partial charge on any atom is -0.349 e. The van der Waals surface area contributed by atoms with Gasteiger partial charge in [-0.15, -0.1) is 6.42 Å². The fourth-order valence-corrected chi connectivity index (χ4v) is 0.915. The fourth-order valence-electron chi connectivity index (χ4n) is 0.915. The molecule has 0 spiro atoms. The number of rotatable bonds is 2. The number of nitrogens with zero attached hydrogens (tertiary/aromatic N) is 3. The van der Waals surface area contributed by atoms with E-state index in [2.05, 4.69) is 10.9 Å². The van der Waals surface area contributed by atoms with Crippen molar-refractivity contribution in [3.05, 3.63) is 23.9 Å². The molecule has 0 aliphatic carbocycles. The summed E-state index contributed by atoms with van der Waals surface area (Å²) in [5.74, 6) is 3.23. The van der Waals surface area contributed by atoms with Crippen LogP contribution in [0.1, 0.15) is 5.56 Å². The highest BCUT2D eigenvalue weighted by Crippen LogP contribution is 2.09. The van der Waals surface area contributed by atoms with Crippen molar-refractivity contribution in [1.29, 1.82) is 5.26 Å². The van der Waals surface area contributed by atoms with Gasteiger partial charge >= 0.3 is 0 Å². The van der Waals surface area contributed by atoms with Crippen molar-refractivity contribution in [2.24, 2.45) is 0 Å². The van der Waals surface area contributed by atoms with Crippen LogP contribution in [0.2, 0.25) is 0 Å². The monoisotopic (exact) mass is 171 g/mol. The molecule has 0 radical (unpaired) electrons. The molecule has 0 bridgehead atoms. The summed E-state index contributed by atoms with van der Waals surface area (Å²) < 4.78 is 0. The second-order valence-corrected chi connectivity index (χ2v) is 2.57. The molecule has 0 saturated heterocycles. The summed E-state index contributed by atoms with van der Waals surface area (Å²) in [7, 11) is 1.84. The second kappa shape index (κ2) is 4.13. The van der Waals surface area contributed by atoms with Crippen molar-refractivity contribution >= 4 is 5.82 Å². The van der Waals surface area contributed by atoms with Gasteiger partial charge in [-0.05, 0) is 12.1 Å². The van der Waals surface area contributed by atoms with E-state index in [1.807, 2.05) is 13.1 Å². The molecule has 0 aliphatic rings. The highest BCUT2D eigenvalue weighted by atomic mass is 15.1. The van der Waals surface area contributed by atoms with Gasteiger partial charge in [-0.1, -0.05) is 5.92 Å². The fraction of sp³-hybridized carbons (Fsp3) is 0.200. The van der Waals surface area contributed by atoms with Crippen LogP contribution >= 0.6 is 0 Å². The van der Waals surface area contributed by atoms with E-state index in [0.717, 1.165) is 5.82 Å². The van der Waals surface area contributed by atoms with Crippen LogP contribution in [0.4, 0.5) is 5.82 Å². The minimum atomic E-state index is 0.488. The molecule has 3 nitrogen and oxygen atoms in total. The van der Waals surface area contributed by atoms with Gasteiger partial charge < -0.3 is 4.90 Å². The summed E-state index contributed by atoms with van der Waals surface area (Å²) >= 11 is 0. The Bertz CT molecular complexity index is 370. The molecule has 13 heavy (non-hydrogen) atoms. The lowest BCUT2D eigenvalue weighted by Gasteiger charge is -2.14. The number of nitriles is 1. The van der Waals surface area contributed by atoms with E-state index in [9.17, 15) is 0 Å². The summed E-state index contributed by atoms with van der Waals surface area (Å²) in [5.41, 5.74) is 0.592. The molecule has 0 amide bonds. The van der Waals surface area contributed by atoms with Crippen LogP contribution in [0.3, 0.4) is 0 Å². The zero-order valence-electron chi connectivity index (χ0n) is 7.36. The van der Waals surface area contributed by atoms with E-state index in [4.69, 9.17) is 11.7 Å². The number of terminal acetylenes is 1. The predicted octanol–water partition coefficient (Wildman–Crippen LogP) is 1.02. The molecule has 0 atom stereocenters. The quantitative estimate of drug-likeness (QED) is 0.624. The summed E-state index contributed by atoms with van der Waals surface area (Å²) in [4.78, 5) is 5.89. The highest BCUT2D eigenvalue weighted by Gasteiger charge is 2.00. The predicted molar refractivity (Wildman–Crippen MR) is 51.1 cm³/mol. The molecule has 1 aromatic rings. The maximum Gasteiger partial charge on any atom is 0.130 e. The molecule has 0 aliphatic heterocycles. The third-order valence-corrected chi connectivity index (χ3v) is 1.59. The second-order valence-electron chi connectivity index (χ2n) is 2.57. The van der Waals surface area contributed by atoms with Crippen LogP contribution in [0.15, 0.2) is 18.3 Å². The topological polar surface area (TPSA) is 39.9 Å². The van der Waals surface area contributed by atoms with Crippen molar-refractivity contribution in [2.75, 3.05) is 18.5 Å². The van der Waals surface area contributed by atoms with Crippen molar-refractivity contribution in [3.8, 4) is 18.4 Å². The molecule has 0 N–H and O–H groups in total. The standard InChI is InChI=1S/C10H9N3/c1-3-6-13(2)10-7-9(8-11)4-5-12-10/h1,4-5,7H,6H2,2H3. The zero-order valence-corrected chi connectivity index (χ0v) is 7.36. The van der Waals surface area contributed by atoms with Crippen LogP contribution in [0.5, 0.6) is 0 Å². The molecule has 1 rings (SSSR count). The van der Waals surface area contributed by atoms with Gasteiger partial charge in [0.25, 0.3) is 0 Å². The Labute approximate surface area is 77.6 Å². The first-order valence-corrected chi connectivity index (χ1v) is 3.78. The third kappa shape index (κ3) is 2.21. The number of pyridine rings is 1. The van der Waals surface area contributed by atoms with Gasteiger partial charge in [-0.25, -0.2) is 4.98 Å². The van der Waals surface area contributed by atoms with Gasteiger partial charge in [-0.3, -0.25) is 0 Å². The van der Waals surface area contributed by atoms with Gasteiger partial charge in [-0.2, -0.15) is 5.26 Å². The Morgan fingerprint density at radius 2 is 2.46 bits per heavy atom. The largest absolute Gasteiger partial charge is 0.349 e. The van der Waals surface area contributed by atoms with Crippen molar-refractivity contribution in [3.63, 3.8) is 0 Å². The maximum absolute atomic E-state index is 8.64. The van der Waals surface area contributed by atoms with E-state index in [-0.39, 0.29) is 0 Å². The number of hydrogen-bond donors (Lipinski definition) is 0. The average Bonchev–Trinajstić information content (AvgIpc) is 2.18. The van der Waals surface area contributed by atoms with Crippen molar-refractivity contribution in [1.82, 2.24) is 4.98 Å². The Hall–Kier alpha value is -2.00. The highest BCUT2D eigenvalue weighted by molar-refractivity contribution is 5.44. The molecule has 1 aromatic heterocycles. The molecule has 0 saturated carbocycles. The first-order chi connectivity index (χ1) is 6.27. The molecule has 0 aromatic carbocycles. The van der Waals surface area contributed by atoms with Crippen LogP contribution in [-0.4, -0.2) is 18.6 Å². The number of aromatic nitrogens is 1. The first-order valence-electron chi connectivity index (χ1n) is 3.78. The molecule has 1 heterocycles. The summed E-state index contributed by atoms with van der Waals surface area (Å²) in [5, 5.41) is 8.64. The SMILES string of the molecule is C#CCN(C)c1cc(C#N)ccn1. The third-order valence-electron chi connectivity index (χ3n) is 1.59. The molecule has 64 valence electrons. The number of hydrogen-bond acceptors (Lipinski definition) is 3. The summed E-state index contributed by atoms with van der Waals surface area (Å²) in [6, 6.07) is 5.41. The smallest absolute Gasteiger partial charge is 0.130 e. The van der Waals surface area contributed by atoms with E-state index < -0.39 is 0 Å². The first kappa shape index (κ1) is 9.09. The zero-order chi connectivity index (χ0) is 9.68. The normalized spacial score (nSPS) is 8.54. The molecule has 0 fully saturated rings. The molecular weight excluding hydrogens is 162 g/mol. The Kier molecular flexibility index (Phi) is 2.89. The molecule has 0 unspecified atom stereocenters. The average molecular weight is 171 g/mol. The lowest BCUT2D eigenvalue weighted by Crippen LogP contribution is -2.18.